The molecule has 1 aromatic heterocycles. The molecule has 1 atom stereocenters. The molecule has 4 heteroatoms. The molecule has 17 heavy (non-hydrogen) atoms. The molecule has 0 radical (unpaired) electrons. The lowest BCUT2D eigenvalue weighted by molar-refractivity contribution is 0.173. The van der Waals surface area contributed by atoms with Gasteiger partial charge in [-0.3, -0.25) is 4.90 Å². The number of halogens is 1. The molecule has 0 saturated carbocycles. The van der Waals surface area contributed by atoms with Gasteiger partial charge in [-0.25, -0.2) is 4.98 Å². The third-order valence-corrected chi connectivity index (χ3v) is 3.79. The summed E-state index contributed by atoms with van der Waals surface area (Å²) in [5.74, 6) is 0. The number of rotatable bonds is 4. The average Bonchev–Trinajstić information content (AvgIpc) is 2.38. The summed E-state index contributed by atoms with van der Waals surface area (Å²) in [6.45, 7) is 8.16. The van der Waals surface area contributed by atoms with Gasteiger partial charge in [0.2, 0.25) is 0 Å². The zero-order valence-electron chi connectivity index (χ0n) is 9.90. The van der Waals surface area contributed by atoms with Gasteiger partial charge in [-0.15, -0.1) is 6.58 Å². The first-order chi connectivity index (χ1) is 8.33. The first-order valence-electron chi connectivity index (χ1n) is 5.99. The van der Waals surface area contributed by atoms with Crippen LogP contribution in [0.25, 0.3) is 0 Å². The zero-order chi connectivity index (χ0) is 12.1. The van der Waals surface area contributed by atoms with Crippen molar-refractivity contribution in [2.24, 2.45) is 0 Å². The normalized spacial score (nSPS) is 18.9. The van der Waals surface area contributed by atoms with Crippen LogP contribution in [0.2, 0.25) is 0 Å². The van der Waals surface area contributed by atoms with Gasteiger partial charge in [-0.1, -0.05) is 12.1 Å². The molecular weight excluding hydrogens is 278 g/mol. The van der Waals surface area contributed by atoms with E-state index < -0.39 is 0 Å². The molecule has 3 nitrogen and oxygen atoms in total. The highest BCUT2D eigenvalue weighted by Crippen LogP contribution is 2.29. The standard InChI is InChI=1S/C13H18BrN3/c1-2-4-12(17-9-7-15-8-10-17)11-5-3-6-16-13(11)14/h2-3,5-6,12,15H,1,4,7-10H2/t12-/m1/s1. The van der Waals surface area contributed by atoms with Crippen molar-refractivity contribution in [2.45, 2.75) is 12.5 Å². The van der Waals surface area contributed by atoms with Crippen molar-refractivity contribution in [1.29, 1.82) is 0 Å². The van der Waals surface area contributed by atoms with Crippen LogP contribution >= 0.6 is 15.9 Å². The summed E-state index contributed by atoms with van der Waals surface area (Å²) in [5.41, 5.74) is 1.26. The molecule has 0 aliphatic carbocycles. The molecule has 1 aromatic rings. The maximum atomic E-state index is 4.32. The first kappa shape index (κ1) is 12.7. The average molecular weight is 296 g/mol. The van der Waals surface area contributed by atoms with E-state index in [0.29, 0.717) is 6.04 Å². The van der Waals surface area contributed by atoms with Crippen molar-refractivity contribution in [2.75, 3.05) is 26.2 Å². The number of pyridine rings is 1. The summed E-state index contributed by atoms with van der Waals surface area (Å²) >= 11 is 3.55. The van der Waals surface area contributed by atoms with Crippen LogP contribution in [0.15, 0.2) is 35.6 Å². The molecule has 0 unspecified atom stereocenters. The number of nitrogens with one attached hydrogen (secondary N) is 1. The number of piperazine rings is 1. The van der Waals surface area contributed by atoms with Crippen molar-refractivity contribution >= 4 is 15.9 Å². The summed E-state index contributed by atoms with van der Waals surface area (Å²) in [6.07, 6.45) is 4.77. The molecule has 1 N–H and O–H groups in total. The molecule has 92 valence electrons. The Morgan fingerprint density at radius 3 is 2.94 bits per heavy atom. The largest absolute Gasteiger partial charge is 0.314 e. The summed E-state index contributed by atoms with van der Waals surface area (Å²) in [6, 6.07) is 4.53. The summed E-state index contributed by atoms with van der Waals surface area (Å²) in [7, 11) is 0. The van der Waals surface area contributed by atoms with Gasteiger partial charge in [-0.05, 0) is 28.4 Å². The molecule has 1 saturated heterocycles. The van der Waals surface area contributed by atoms with Crippen molar-refractivity contribution in [3.05, 3.63) is 41.2 Å². The SMILES string of the molecule is C=CC[C@H](c1cccnc1Br)N1CCNCC1. The van der Waals surface area contributed by atoms with Crippen molar-refractivity contribution in [1.82, 2.24) is 15.2 Å². The minimum Gasteiger partial charge on any atom is -0.314 e. The van der Waals surface area contributed by atoms with Crippen LogP contribution in [0.3, 0.4) is 0 Å². The van der Waals surface area contributed by atoms with Gasteiger partial charge in [0, 0.05) is 44.0 Å². The monoisotopic (exact) mass is 295 g/mol. The smallest absolute Gasteiger partial charge is 0.110 e. The topological polar surface area (TPSA) is 28.2 Å². The van der Waals surface area contributed by atoms with Gasteiger partial charge in [0.15, 0.2) is 0 Å². The molecule has 0 bridgehead atoms. The van der Waals surface area contributed by atoms with Crippen molar-refractivity contribution in [3.8, 4) is 0 Å². The Balaban J connectivity index is 2.21. The lowest BCUT2D eigenvalue weighted by atomic mass is 10.0. The molecule has 0 amide bonds. The number of nitrogens with zero attached hydrogens (tertiary/aromatic N) is 2. The first-order valence-corrected chi connectivity index (χ1v) is 6.78. The molecule has 1 aliphatic rings. The van der Waals surface area contributed by atoms with E-state index in [2.05, 4.69) is 43.8 Å². The van der Waals surface area contributed by atoms with Crippen LogP contribution in [0.4, 0.5) is 0 Å². The minimum atomic E-state index is 0.387. The van der Waals surface area contributed by atoms with E-state index in [1.54, 1.807) is 0 Å². The van der Waals surface area contributed by atoms with Crippen LogP contribution in [-0.4, -0.2) is 36.1 Å². The second kappa shape index (κ2) is 6.28. The molecule has 0 spiro atoms. The van der Waals surface area contributed by atoms with E-state index in [-0.39, 0.29) is 0 Å². The highest BCUT2D eigenvalue weighted by Gasteiger charge is 2.22. The van der Waals surface area contributed by atoms with E-state index in [9.17, 15) is 0 Å². The van der Waals surface area contributed by atoms with Crippen molar-refractivity contribution < 1.29 is 0 Å². The zero-order valence-corrected chi connectivity index (χ0v) is 11.5. The Hall–Kier alpha value is -0.710. The predicted molar refractivity (Wildman–Crippen MR) is 73.9 cm³/mol. The third kappa shape index (κ3) is 3.15. The van der Waals surface area contributed by atoms with Gasteiger partial charge >= 0.3 is 0 Å². The van der Waals surface area contributed by atoms with Crippen LogP contribution in [-0.2, 0) is 0 Å². The Morgan fingerprint density at radius 1 is 1.53 bits per heavy atom. The van der Waals surface area contributed by atoms with Gasteiger partial charge in [0.25, 0.3) is 0 Å². The lowest BCUT2D eigenvalue weighted by Crippen LogP contribution is -2.45. The molecule has 2 rings (SSSR count). The fraction of sp³-hybridized carbons (Fsp3) is 0.462. The molecule has 0 aromatic carbocycles. The summed E-state index contributed by atoms with van der Waals surface area (Å²) in [5, 5.41) is 3.38. The number of aromatic nitrogens is 1. The maximum Gasteiger partial charge on any atom is 0.110 e. The maximum absolute atomic E-state index is 4.32. The Labute approximate surface area is 111 Å². The van der Waals surface area contributed by atoms with E-state index in [1.165, 1.54) is 5.56 Å². The lowest BCUT2D eigenvalue weighted by Gasteiger charge is -2.35. The van der Waals surface area contributed by atoms with Crippen LogP contribution in [0.1, 0.15) is 18.0 Å². The Bertz CT molecular complexity index is 375. The van der Waals surface area contributed by atoms with Crippen LogP contribution in [0, 0.1) is 0 Å². The van der Waals surface area contributed by atoms with Gasteiger partial charge in [0.1, 0.15) is 4.60 Å². The molecule has 1 aliphatic heterocycles. The quantitative estimate of drug-likeness (QED) is 0.683. The third-order valence-electron chi connectivity index (χ3n) is 3.13. The van der Waals surface area contributed by atoms with Crippen molar-refractivity contribution in [3.63, 3.8) is 0 Å². The number of hydrogen-bond donors (Lipinski definition) is 1. The van der Waals surface area contributed by atoms with Crippen LogP contribution < -0.4 is 5.32 Å². The van der Waals surface area contributed by atoms with Gasteiger partial charge in [0.05, 0.1) is 0 Å². The second-order valence-corrected chi connectivity index (χ2v) is 4.96. The van der Waals surface area contributed by atoms with E-state index in [0.717, 1.165) is 37.2 Å². The Kier molecular flexibility index (Phi) is 4.71. The highest BCUT2D eigenvalue weighted by molar-refractivity contribution is 9.10. The van der Waals surface area contributed by atoms with E-state index in [1.807, 2.05) is 18.3 Å². The predicted octanol–water partition coefficient (Wildman–Crippen LogP) is 2.37. The summed E-state index contributed by atoms with van der Waals surface area (Å²) < 4.78 is 0.949. The highest BCUT2D eigenvalue weighted by atomic mass is 79.9. The van der Waals surface area contributed by atoms with E-state index in [4.69, 9.17) is 0 Å². The number of hydrogen-bond acceptors (Lipinski definition) is 3. The molecule has 1 fully saturated rings. The van der Waals surface area contributed by atoms with Gasteiger partial charge < -0.3 is 5.32 Å². The fourth-order valence-corrected chi connectivity index (χ4v) is 2.79. The second-order valence-electron chi connectivity index (χ2n) is 4.21. The molecular formula is C13H18BrN3. The van der Waals surface area contributed by atoms with Crippen LogP contribution in [0.5, 0.6) is 0 Å². The van der Waals surface area contributed by atoms with Gasteiger partial charge in [-0.2, -0.15) is 0 Å². The molecule has 2 heterocycles. The van der Waals surface area contributed by atoms with E-state index >= 15 is 0 Å². The fourth-order valence-electron chi connectivity index (χ4n) is 2.27. The Morgan fingerprint density at radius 2 is 2.29 bits per heavy atom. The minimum absolute atomic E-state index is 0.387. The summed E-state index contributed by atoms with van der Waals surface area (Å²) in [4.78, 5) is 6.82.